The van der Waals surface area contributed by atoms with Gasteiger partial charge in [-0.2, -0.15) is 0 Å². The highest BCUT2D eigenvalue weighted by Crippen LogP contribution is 2.29. The summed E-state index contributed by atoms with van der Waals surface area (Å²) in [6.07, 6.45) is 0. The second-order valence-electron chi connectivity index (χ2n) is 4.20. The van der Waals surface area contributed by atoms with Gasteiger partial charge in [-0.25, -0.2) is 4.39 Å². The number of benzene rings is 2. The topological polar surface area (TPSA) is 95.5 Å². The van der Waals surface area contributed by atoms with Gasteiger partial charge in [0.05, 0.1) is 12.0 Å². The summed E-state index contributed by atoms with van der Waals surface area (Å²) in [6.45, 7) is 0. The summed E-state index contributed by atoms with van der Waals surface area (Å²) in [6, 6.07) is 8.07. The van der Waals surface area contributed by atoms with E-state index in [4.69, 9.17) is 10.5 Å². The molecule has 6 nitrogen and oxygen atoms in total. The standard InChI is InChI=1S/C14H11FN2O4/c1-21-13-5-3-8(6-11(13)15)9-2-4-10(14(16)18)12(7-9)17(19)20/h2-7H,1H3,(H2,16,18). The van der Waals surface area contributed by atoms with Crippen LogP contribution in [0.3, 0.4) is 0 Å². The third kappa shape index (κ3) is 2.81. The Labute approximate surface area is 119 Å². The molecule has 0 unspecified atom stereocenters. The molecule has 0 aromatic heterocycles. The molecule has 0 radical (unpaired) electrons. The summed E-state index contributed by atoms with van der Waals surface area (Å²) in [7, 11) is 1.34. The van der Waals surface area contributed by atoms with Gasteiger partial charge in [-0.05, 0) is 29.3 Å². The SMILES string of the molecule is COc1ccc(-c2ccc(C(N)=O)c([N+](=O)[O-])c2)cc1F. The van der Waals surface area contributed by atoms with E-state index in [0.29, 0.717) is 11.1 Å². The minimum Gasteiger partial charge on any atom is -0.494 e. The molecule has 0 aliphatic carbocycles. The molecule has 0 aliphatic heterocycles. The van der Waals surface area contributed by atoms with Crippen LogP contribution in [-0.4, -0.2) is 17.9 Å². The average molecular weight is 290 g/mol. The Bertz CT molecular complexity index is 731. The first kappa shape index (κ1) is 14.4. The van der Waals surface area contributed by atoms with Gasteiger partial charge in [-0.3, -0.25) is 14.9 Å². The van der Waals surface area contributed by atoms with Gasteiger partial charge in [0.2, 0.25) is 0 Å². The number of nitro benzene ring substituents is 1. The lowest BCUT2D eigenvalue weighted by Gasteiger charge is -2.06. The molecule has 0 atom stereocenters. The number of rotatable bonds is 4. The summed E-state index contributed by atoms with van der Waals surface area (Å²) >= 11 is 0. The molecule has 2 N–H and O–H groups in total. The number of nitrogens with zero attached hydrogens (tertiary/aromatic N) is 1. The van der Waals surface area contributed by atoms with Gasteiger partial charge in [0, 0.05) is 6.07 Å². The first-order chi connectivity index (χ1) is 9.93. The van der Waals surface area contributed by atoms with E-state index in [1.54, 1.807) is 6.07 Å². The fourth-order valence-corrected chi connectivity index (χ4v) is 1.92. The summed E-state index contributed by atoms with van der Waals surface area (Å²) in [5, 5.41) is 11.0. The minimum atomic E-state index is -0.894. The molecular formula is C14H11FN2O4. The van der Waals surface area contributed by atoms with Gasteiger partial charge in [-0.15, -0.1) is 0 Å². The molecule has 2 aromatic carbocycles. The maximum absolute atomic E-state index is 13.7. The van der Waals surface area contributed by atoms with Crippen LogP contribution in [-0.2, 0) is 0 Å². The van der Waals surface area contributed by atoms with Crippen LogP contribution in [0.2, 0.25) is 0 Å². The van der Waals surface area contributed by atoms with Crippen molar-refractivity contribution in [2.24, 2.45) is 5.73 Å². The van der Waals surface area contributed by atoms with E-state index in [2.05, 4.69) is 0 Å². The highest BCUT2D eigenvalue weighted by molar-refractivity contribution is 5.97. The predicted octanol–water partition coefficient (Wildman–Crippen LogP) is 2.51. The third-order valence-corrected chi connectivity index (χ3v) is 2.95. The van der Waals surface area contributed by atoms with Gasteiger partial charge in [0.1, 0.15) is 5.56 Å². The number of primary amides is 1. The van der Waals surface area contributed by atoms with E-state index in [-0.39, 0.29) is 11.3 Å². The number of amides is 1. The van der Waals surface area contributed by atoms with Crippen molar-refractivity contribution in [3.8, 4) is 16.9 Å². The molecule has 0 saturated carbocycles. The van der Waals surface area contributed by atoms with E-state index in [1.165, 1.54) is 37.4 Å². The first-order valence-corrected chi connectivity index (χ1v) is 5.86. The average Bonchev–Trinajstić information content (AvgIpc) is 2.46. The van der Waals surface area contributed by atoms with E-state index in [9.17, 15) is 19.3 Å². The third-order valence-electron chi connectivity index (χ3n) is 2.95. The molecule has 0 spiro atoms. The van der Waals surface area contributed by atoms with Crippen molar-refractivity contribution in [3.05, 3.63) is 57.9 Å². The predicted molar refractivity (Wildman–Crippen MR) is 73.6 cm³/mol. The van der Waals surface area contributed by atoms with Gasteiger partial charge in [0.25, 0.3) is 11.6 Å². The fourth-order valence-electron chi connectivity index (χ4n) is 1.92. The van der Waals surface area contributed by atoms with Crippen molar-refractivity contribution < 1.29 is 18.8 Å². The number of carbonyl (C=O) groups is 1. The number of carbonyl (C=O) groups excluding carboxylic acids is 1. The van der Waals surface area contributed by atoms with Crippen LogP contribution in [0.15, 0.2) is 36.4 Å². The van der Waals surface area contributed by atoms with E-state index in [0.717, 1.165) is 0 Å². The Balaban J connectivity index is 2.55. The zero-order valence-electron chi connectivity index (χ0n) is 11.0. The van der Waals surface area contributed by atoms with Crippen LogP contribution in [0.5, 0.6) is 5.75 Å². The Kier molecular flexibility index (Phi) is 3.84. The lowest BCUT2D eigenvalue weighted by atomic mass is 10.0. The zero-order valence-corrected chi connectivity index (χ0v) is 11.0. The smallest absolute Gasteiger partial charge is 0.282 e. The van der Waals surface area contributed by atoms with Crippen LogP contribution in [0, 0.1) is 15.9 Å². The number of nitro groups is 1. The van der Waals surface area contributed by atoms with E-state index < -0.39 is 22.3 Å². The highest BCUT2D eigenvalue weighted by Gasteiger charge is 2.19. The largest absolute Gasteiger partial charge is 0.494 e. The summed E-state index contributed by atoms with van der Waals surface area (Å²) in [5.41, 5.74) is 5.29. The van der Waals surface area contributed by atoms with Crippen molar-refractivity contribution in [2.75, 3.05) is 7.11 Å². The maximum Gasteiger partial charge on any atom is 0.282 e. The minimum absolute atomic E-state index is 0.0713. The fraction of sp³-hybridized carbons (Fsp3) is 0.0714. The lowest BCUT2D eigenvalue weighted by Crippen LogP contribution is -2.13. The van der Waals surface area contributed by atoms with Gasteiger partial charge < -0.3 is 10.5 Å². The zero-order chi connectivity index (χ0) is 15.6. The molecule has 0 saturated heterocycles. The molecule has 2 aromatic rings. The van der Waals surface area contributed by atoms with Crippen LogP contribution in [0.4, 0.5) is 10.1 Å². The van der Waals surface area contributed by atoms with Crippen molar-refractivity contribution in [2.45, 2.75) is 0 Å². The number of nitrogens with two attached hydrogens (primary N) is 1. The molecule has 0 fully saturated rings. The van der Waals surface area contributed by atoms with Crippen LogP contribution in [0.25, 0.3) is 11.1 Å². The Morgan fingerprint density at radius 3 is 2.38 bits per heavy atom. The van der Waals surface area contributed by atoms with E-state index >= 15 is 0 Å². The number of hydrogen-bond acceptors (Lipinski definition) is 4. The number of halogens is 1. The van der Waals surface area contributed by atoms with Crippen LogP contribution >= 0.6 is 0 Å². The van der Waals surface area contributed by atoms with Crippen LogP contribution in [0.1, 0.15) is 10.4 Å². The Morgan fingerprint density at radius 2 is 1.86 bits per heavy atom. The summed E-state index contributed by atoms with van der Waals surface area (Å²) in [4.78, 5) is 21.4. The van der Waals surface area contributed by atoms with E-state index in [1.807, 2.05) is 0 Å². The second-order valence-corrected chi connectivity index (χ2v) is 4.20. The number of hydrogen-bond donors (Lipinski definition) is 1. The quantitative estimate of drug-likeness (QED) is 0.691. The summed E-state index contributed by atoms with van der Waals surface area (Å²) < 4.78 is 18.5. The molecule has 1 amide bonds. The Morgan fingerprint density at radius 1 is 1.24 bits per heavy atom. The maximum atomic E-state index is 13.7. The molecule has 0 aliphatic rings. The molecule has 108 valence electrons. The van der Waals surface area contributed by atoms with Gasteiger partial charge in [0.15, 0.2) is 11.6 Å². The molecular weight excluding hydrogens is 279 g/mol. The highest BCUT2D eigenvalue weighted by atomic mass is 19.1. The molecule has 2 rings (SSSR count). The molecule has 7 heteroatoms. The van der Waals surface area contributed by atoms with Crippen molar-refractivity contribution >= 4 is 11.6 Å². The lowest BCUT2D eigenvalue weighted by molar-refractivity contribution is -0.385. The summed E-state index contributed by atoms with van der Waals surface area (Å²) in [5.74, 6) is -1.41. The normalized spacial score (nSPS) is 10.2. The van der Waals surface area contributed by atoms with Crippen molar-refractivity contribution in [1.29, 1.82) is 0 Å². The monoisotopic (exact) mass is 290 g/mol. The number of methoxy groups -OCH3 is 1. The molecule has 0 bridgehead atoms. The first-order valence-electron chi connectivity index (χ1n) is 5.86. The van der Waals surface area contributed by atoms with Gasteiger partial charge >= 0.3 is 0 Å². The molecule has 21 heavy (non-hydrogen) atoms. The molecule has 0 heterocycles. The Hall–Kier alpha value is -2.96. The number of ether oxygens (including phenoxy) is 1. The van der Waals surface area contributed by atoms with Crippen LogP contribution < -0.4 is 10.5 Å². The van der Waals surface area contributed by atoms with Gasteiger partial charge in [-0.1, -0.05) is 12.1 Å². The second kappa shape index (κ2) is 5.58. The van der Waals surface area contributed by atoms with Crippen molar-refractivity contribution in [3.63, 3.8) is 0 Å². The van der Waals surface area contributed by atoms with Crippen molar-refractivity contribution in [1.82, 2.24) is 0 Å².